The molecular weight excluding hydrogens is 174 g/mol. The van der Waals surface area contributed by atoms with Crippen LogP contribution in [-0.4, -0.2) is 29.8 Å². The zero-order valence-electron chi connectivity index (χ0n) is 9.38. The monoisotopic (exact) mass is 195 g/mol. The Morgan fingerprint density at radius 2 is 2.29 bits per heavy atom. The lowest BCUT2D eigenvalue weighted by molar-refractivity contribution is -0.117. The number of Topliss-reactive ketones (excluding diaryl/α,β-unsaturated/α-hetero) is 1. The van der Waals surface area contributed by atoms with E-state index in [1.807, 2.05) is 0 Å². The Balaban J connectivity index is 2.42. The summed E-state index contributed by atoms with van der Waals surface area (Å²) in [4.78, 5) is 13.5. The Bertz CT molecular complexity index is 222. The van der Waals surface area contributed by atoms with Crippen LogP contribution in [0.5, 0.6) is 0 Å². The fourth-order valence-electron chi connectivity index (χ4n) is 2.07. The molecule has 0 amide bonds. The van der Waals surface area contributed by atoms with Crippen LogP contribution in [0, 0.1) is 0 Å². The Morgan fingerprint density at radius 1 is 1.57 bits per heavy atom. The van der Waals surface area contributed by atoms with Gasteiger partial charge >= 0.3 is 0 Å². The van der Waals surface area contributed by atoms with E-state index in [9.17, 15) is 4.79 Å². The van der Waals surface area contributed by atoms with Crippen LogP contribution in [0.3, 0.4) is 0 Å². The van der Waals surface area contributed by atoms with Gasteiger partial charge in [-0.2, -0.15) is 0 Å². The number of nitrogens with zero attached hydrogens (tertiary/aromatic N) is 1. The van der Waals surface area contributed by atoms with Crippen LogP contribution in [-0.2, 0) is 4.79 Å². The van der Waals surface area contributed by atoms with Crippen LogP contribution in [0.4, 0.5) is 0 Å². The first-order valence-electron chi connectivity index (χ1n) is 5.53. The summed E-state index contributed by atoms with van der Waals surface area (Å²) in [5, 5.41) is 0. The van der Waals surface area contributed by atoms with Gasteiger partial charge in [0.05, 0.1) is 0 Å². The predicted octanol–water partition coefficient (Wildman–Crippen LogP) is 2.40. The molecule has 1 rings (SSSR count). The number of carbonyl (C=O) groups excluding carboxylic acids is 1. The van der Waals surface area contributed by atoms with Crippen molar-refractivity contribution >= 4 is 5.78 Å². The van der Waals surface area contributed by atoms with E-state index < -0.39 is 0 Å². The van der Waals surface area contributed by atoms with Gasteiger partial charge in [0.1, 0.15) is 5.78 Å². The molecule has 1 fully saturated rings. The predicted molar refractivity (Wildman–Crippen MR) is 59.3 cm³/mol. The van der Waals surface area contributed by atoms with E-state index in [-0.39, 0.29) is 0 Å². The number of hydrogen-bond donors (Lipinski definition) is 0. The van der Waals surface area contributed by atoms with Gasteiger partial charge in [-0.05, 0) is 32.7 Å². The van der Waals surface area contributed by atoms with Crippen LogP contribution in [0.1, 0.15) is 39.5 Å². The second-order valence-electron chi connectivity index (χ2n) is 4.28. The summed E-state index contributed by atoms with van der Waals surface area (Å²) in [5.41, 5.74) is 1.28. The van der Waals surface area contributed by atoms with Crippen LogP contribution >= 0.6 is 0 Å². The van der Waals surface area contributed by atoms with E-state index >= 15 is 0 Å². The largest absolute Gasteiger partial charge is 0.300 e. The van der Waals surface area contributed by atoms with E-state index in [4.69, 9.17) is 0 Å². The van der Waals surface area contributed by atoms with Gasteiger partial charge in [-0.1, -0.05) is 19.1 Å². The van der Waals surface area contributed by atoms with Crippen molar-refractivity contribution in [3.05, 3.63) is 12.2 Å². The maximum atomic E-state index is 11.1. The van der Waals surface area contributed by atoms with Gasteiger partial charge in [-0.15, -0.1) is 0 Å². The van der Waals surface area contributed by atoms with Crippen LogP contribution in [0.15, 0.2) is 12.2 Å². The summed E-state index contributed by atoms with van der Waals surface area (Å²) in [6.45, 7) is 9.96. The molecule has 1 aliphatic heterocycles. The number of rotatable bonds is 5. The highest BCUT2D eigenvalue weighted by Crippen LogP contribution is 2.21. The van der Waals surface area contributed by atoms with Crippen molar-refractivity contribution in [3.8, 4) is 0 Å². The summed E-state index contributed by atoms with van der Waals surface area (Å²) in [7, 11) is 0. The molecule has 14 heavy (non-hydrogen) atoms. The molecule has 80 valence electrons. The summed E-state index contributed by atoms with van der Waals surface area (Å²) < 4.78 is 0. The quantitative estimate of drug-likeness (QED) is 0.628. The lowest BCUT2D eigenvalue weighted by atomic mass is 10.1. The fourth-order valence-corrected chi connectivity index (χ4v) is 2.07. The third-order valence-corrected chi connectivity index (χ3v) is 2.95. The topological polar surface area (TPSA) is 20.3 Å². The van der Waals surface area contributed by atoms with Crippen LogP contribution in [0.2, 0.25) is 0 Å². The minimum absolute atomic E-state index is 0.309. The molecule has 1 heterocycles. The molecule has 0 aliphatic carbocycles. The molecule has 2 nitrogen and oxygen atoms in total. The zero-order chi connectivity index (χ0) is 10.6. The van der Waals surface area contributed by atoms with Crippen molar-refractivity contribution in [1.82, 2.24) is 4.90 Å². The van der Waals surface area contributed by atoms with Crippen molar-refractivity contribution in [2.24, 2.45) is 0 Å². The van der Waals surface area contributed by atoms with Crippen molar-refractivity contribution in [1.29, 1.82) is 0 Å². The highest BCUT2D eigenvalue weighted by molar-refractivity contribution is 5.76. The van der Waals surface area contributed by atoms with E-state index in [1.54, 1.807) is 6.92 Å². The Morgan fingerprint density at radius 3 is 2.86 bits per heavy atom. The Labute approximate surface area is 87.0 Å². The van der Waals surface area contributed by atoms with Gasteiger partial charge in [-0.25, -0.2) is 0 Å². The van der Waals surface area contributed by atoms with Gasteiger partial charge < -0.3 is 0 Å². The highest BCUT2D eigenvalue weighted by atomic mass is 16.1. The first kappa shape index (κ1) is 11.4. The van der Waals surface area contributed by atoms with Gasteiger partial charge in [0.2, 0.25) is 0 Å². The molecular formula is C12H21NO. The molecule has 0 spiro atoms. The van der Waals surface area contributed by atoms with E-state index in [1.165, 1.54) is 18.4 Å². The molecule has 1 saturated heterocycles. The van der Waals surface area contributed by atoms with Crippen molar-refractivity contribution in [2.75, 3.05) is 13.1 Å². The first-order valence-corrected chi connectivity index (χ1v) is 5.53. The Hall–Kier alpha value is -0.630. The SMILES string of the molecule is C=C(CC)CN1CCCC1CC(C)=O. The maximum Gasteiger partial charge on any atom is 0.131 e. The number of ketones is 1. The van der Waals surface area contributed by atoms with Gasteiger partial charge in [0.25, 0.3) is 0 Å². The Kier molecular flexibility index (Phi) is 4.33. The lowest BCUT2D eigenvalue weighted by Crippen LogP contribution is -2.32. The molecule has 1 atom stereocenters. The molecule has 2 heteroatoms. The van der Waals surface area contributed by atoms with Gasteiger partial charge in [-0.3, -0.25) is 9.69 Å². The lowest BCUT2D eigenvalue weighted by Gasteiger charge is -2.24. The van der Waals surface area contributed by atoms with E-state index in [0.29, 0.717) is 11.8 Å². The van der Waals surface area contributed by atoms with E-state index in [2.05, 4.69) is 18.4 Å². The standard InChI is InChI=1S/C12H21NO/c1-4-10(2)9-13-7-5-6-12(13)8-11(3)14/h12H,2,4-9H2,1,3H3. The smallest absolute Gasteiger partial charge is 0.131 e. The molecule has 0 saturated carbocycles. The normalized spacial score (nSPS) is 22.6. The minimum atomic E-state index is 0.309. The fraction of sp³-hybridized carbons (Fsp3) is 0.750. The third kappa shape index (κ3) is 3.26. The minimum Gasteiger partial charge on any atom is -0.300 e. The first-order chi connectivity index (χ1) is 6.63. The molecule has 1 unspecified atom stereocenters. The van der Waals surface area contributed by atoms with Crippen LogP contribution in [0.25, 0.3) is 0 Å². The van der Waals surface area contributed by atoms with Crippen molar-refractivity contribution < 1.29 is 4.79 Å². The molecule has 0 aromatic heterocycles. The summed E-state index contributed by atoms with van der Waals surface area (Å²) >= 11 is 0. The zero-order valence-corrected chi connectivity index (χ0v) is 9.38. The molecule has 1 aliphatic rings. The maximum absolute atomic E-state index is 11.1. The van der Waals surface area contributed by atoms with E-state index in [0.717, 1.165) is 25.9 Å². The van der Waals surface area contributed by atoms with Gasteiger partial charge in [0.15, 0.2) is 0 Å². The van der Waals surface area contributed by atoms with Crippen molar-refractivity contribution in [2.45, 2.75) is 45.6 Å². The average Bonchev–Trinajstić information content (AvgIpc) is 2.52. The number of likely N-dealkylation sites (tertiary alicyclic amines) is 1. The molecule has 0 aromatic carbocycles. The molecule has 0 bridgehead atoms. The summed E-state index contributed by atoms with van der Waals surface area (Å²) in [6, 6.07) is 0.482. The number of hydrogen-bond acceptors (Lipinski definition) is 2. The second kappa shape index (κ2) is 5.30. The average molecular weight is 195 g/mol. The summed E-state index contributed by atoms with van der Waals surface area (Å²) in [5.74, 6) is 0.309. The molecule has 0 radical (unpaired) electrons. The summed E-state index contributed by atoms with van der Waals surface area (Å²) in [6.07, 6.45) is 4.17. The highest BCUT2D eigenvalue weighted by Gasteiger charge is 2.25. The number of carbonyl (C=O) groups is 1. The third-order valence-electron chi connectivity index (χ3n) is 2.95. The second-order valence-corrected chi connectivity index (χ2v) is 4.28. The van der Waals surface area contributed by atoms with Crippen molar-refractivity contribution in [3.63, 3.8) is 0 Å². The van der Waals surface area contributed by atoms with Crippen LogP contribution < -0.4 is 0 Å². The molecule has 0 N–H and O–H groups in total. The van der Waals surface area contributed by atoms with Gasteiger partial charge in [0, 0.05) is 19.0 Å². The molecule has 0 aromatic rings.